The van der Waals surface area contributed by atoms with Crippen LogP contribution in [0, 0.1) is 17.8 Å². The van der Waals surface area contributed by atoms with Crippen molar-refractivity contribution in [3.63, 3.8) is 0 Å². The lowest BCUT2D eigenvalue weighted by molar-refractivity contribution is -0.132. The molecule has 0 heterocycles. The van der Waals surface area contributed by atoms with Gasteiger partial charge in [0.25, 0.3) is 0 Å². The molecule has 0 aromatic carbocycles. The SMILES string of the molecule is CCC(C)C(C[SiH2]C=C(C)C(=O)O)C(C)CC. The van der Waals surface area contributed by atoms with Gasteiger partial charge >= 0.3 is 5.97 Å². The fourth-order valence-corrected chi connectivity index (χ4v) is 4.61. The van der Waals surface area contributed by atoms with Gasteiger partial charge in [-0.15, -0.1) is 0 Å². The maximum atomic E-state index is 10.7. The van der Waals surface area contributed by atoms with Crippen LogP contribution in [0.15, 0.2) is 11.3 Å². The van der Waals surface area contributed by atoms with E-state index in [1.165, 1.54) is 18.9 Å². The van der Waals surface area contributed by atoms with Gasteiger partial charge in [-0.1, -0.05) is 52.3 Å². The van der Waals surface area contributed by atoms with Gasteiger partial charge in [0.1, 0.15) is 0 Å². The minimum atomic E-state index is -0.763. The van der Waals surface area contributed by atoms with E-state index in [4.69, 9.17) is 5.11 Å². The molecule has 2 atom stereocenters. The lowest BCUT2D eigenvalue weighted by atomic mass is 9.82. The smallest absolute Gasteiger partial charge is 0.330 e. The van der Waals surface area contributed by atoms with Crippen molar-refractivity contribution in [3.05, 3.63) is 11.3 Å². The van der Waals surface area contributed by atoms with Gasteiger partial charge in [-0.05, 0) is 24.7 Å². The monoisotopic (exact) mass is 256 g/mol. The Hall–Kier alpha value is -0.573. The van der Waals surface area contributed by atoms with Crippen LogP contribution in [-0.4, -0.2) is 20.6 Å². The molecule has 3 heteroatoms. The van der Waals surface area contributed by atoms with Crippen LogP contribution in [-0.2, 0) is 4.79 Å². The first-order valence-corrected chi connectivity index (χ1v) is 8.65. The largest absolute Gasteiger partial charge is 0.478 e. The van der Waals surface area contributed by atoms with Crippen molar-refractivity contribution in [2.24, 2.45) is 17.8 Å². The Morgan fingerprint density at radius 3 is 2.06 bits per heavy atom. The Morgan fingerprint density at radius 2 is 1.71 bits per heavy atom. The molecular formula is C14H28O2Si. The van der Waals surface area contributed by atoms with Gasteiger partial charge in [0.2, 0.25) is 0 Å². The van der Waals surface area contributed by atoms with E-state index in [1.54, 1.807) is 6.92 Å². The number of hydrogen-bond acceptors (Lipinski definition) is 1. The molecule has 0 aliphatic rings. The van der Waals surface area contributed by atoms with E-state index in [0.717, 1.165) is 17.8 Å². The molecule has 0 bridgehead atoms. The van der Waals surface area contributed by atoms with Crippen molar-refractivity contribution >= 4 is 15.5 Å². The fraction of sp³-hybridized carbons (Fsp3) is 0.786. The van der Waals surface area contributed by atoms with Gasteiger partial charge in [0.15, 0.2) is 0 Å². The van der Waals surface area contributed by atoms with Crippen LogP contribution in [0.1, 0.15) is 47.5 Å². The molecule has 0 fully saturated rings. The molecule has 0 aliphatic heterocycles. The summed E-state index contributed by atoms with van der Waals surface area (Å²) >= 11 is 0. The molecule has 17 heavy (non-hydrogen) atoms. The first kappa shape index (κ1) is 16.4. The Labute approximate surface area is 108 Å². The van der Waals surface area contributed by atoms with Gasteiger partial charge in [-0.25, -0.2) is 4.79 Å². The Morgan fingerprint density at radius 1 is 1.24 bits per heavy atom. The van der Waals surface area contributed by atoms with Gasteiger partial charge in [0.05, 0.1) is 0 Å². The molecule has 0 amide bonds. The minimum Gasteiger partial charge on any atom is -0.478 e. The van der Waals surface area contributed by atoms with Crippen LogP contribution in [0.3, 0.4) is 0 Å². The number of carboxylic acids is 1. The lowest BCUT2D eigenvalue weighted by Gasteiger charge is -2.28. The normalized spacial score (nSPS) is 18.3. The first-order chi connectivity index (χ1) is 7.93. The summed E-state index contributed by atoms with van der Waals surface area (Å²) in [6.45, 7) is 10.9. The molecule has 0 aromatic heterocycles. The van der Waals surface area contributed by atoms with Gasteiger partial charge in [0, 0.05) is 15.1 Å². The first-order valence-electron chi connectivity index (χ1n) is 6.83. The fourth-order valence-electron chi connectivity index (χ4n) is 2.31. The summed E-state index contributed by atoms with van der Waals surface area (Å²) in [4.78, 5) is 10.7. The molecule has 0 aliphatic carbocycles. The van der Waals surface area contributed by atoms with Crippen LogP contribution in [0.5, 0.6) is 0 Å². The highest BCUT2D eigenvalue weighted by Gasteiger charge is 2.20. The Kier molecular flexibility index (Phi) is 8.22. The highest BCUT2D eigenvalue weighted by Crippen LogP contribution is 2.29. The van der Waals surface area contributed by atoms with Crippen molar-refractivity contribution in [2.45, 2.75) is 53.5 Å². The lowest BCUT2D eigenvalue weighted by Crippen LogP contribution is -2.20. The van der Waals surface area contributed by atoms with E-state index in [-0.39, 0.29) is 9.52 Å². The van der Waals surface area contributed by atoms with Crippen LogP contribution in [0.25, 0.3) is 0 Å². The maximum absolute atomic E-state index is 10.7. The van der Waals surface area contributed by atoms with Crippen molar-refractivity contribution in [2.75, 3.05) is 0 Å². The van der Waals surface area contributed by atoms with Crippen LogP contribution < -0.4 is 0 Å². The minimum absolute atomic E-state index is 0.373. The molecule has 0 rings (SSSR count). The van der Waals surface area contributed by atoms with E-state index in [1.807, 2.05) is 5.70 Å². The van der Waals surface area contributed by atoms with Crippen LogP contribution in [0.2, 0.25) is 6.04 Å². The number of aliphatic carboxylic acids is 1. The van der Waals surface area contributed by atoms with Crippen molar-refractivity contribution < 1.29 is 9.90 Å². The highest BCUT2D eigenvalue weighted by molar-refractivity contribution is 6.43. The summed E-state index contributed by atoms with van der Waals surface area (Å²) in [6, 6.07) is 1.24. The van der Waals surface area contributed by atoms with Gasteiger partial charge in [-0.3, -0.25) is 0 Å². The molecule has 0 saturated heterocycles. The summed E-state index contributed by atoms with van der Waals surface area (Å²) in [7, 11) is -0.373. The third-order valence-electron chi connectivity index (χ3n) is 4.04. The molecular weight excluding hydrogens is 228 g/mol. The molecule has 1 N–H and O–H groups in total. The third kappa shape index (κ3) is 6.06. The van der Waals surface area contributed by atoms with Crippen LogP contribution in [0.4, 0.5) is 0 Å². The molecule has 0 aromatic rings. The summed E-state index contributed by atoms with van der Waals surface area (Å²) in [5.74, 6) is 1.53. The second-order valence-corrected chi connectivity index (χ2v) is 6.77. The predicted octanol–water partition coefficient (Wildman–Crippen LogP) is 3.27. The number of carboxylic acid groups (broad SMARTS) is 1. The second-order valence-electron chi connectivity index (χ2n) is 5.20. The van der Waals surface area contributed by atoms with Gasteiger partial charge in [-0.2, -0.15) is 0 Å². The van der Waals surface area contributed by atoms with E-state index < -0.39 is 5.97 Å². The standard InChI is InChI=1S/C14H28O2Si/c1-6-10(3)13(11(4)7-2)9-17-8-12(5)14(15)16/h8,10-11,13H,6-7,9,17H2,1-5H3,(H,15,16). The molecule has 2 unspecified atom stereocenters. The number of rotatable bonds is 8. The van der Waals surface area contributed by atoms with Crippen molar-refractivity contribution in [1.29, 1.82) is 0 Å². The topological polar surface area (TPSA) is 37.3 Å². The molecule has 2 nitrogen and oxygen atoms in total. The molecule has 0 saturated carbocycles. The van der Waals surface area contributed by atoms with E-state index in [2.05, 4.69) is 27.7 Å². The summed E-state index contributed by atoms with van der Waals surface area (Å²) < 4.78 is 0. The molecule has 100 valence electrons. The van der Waals surface area contributed by atoms with E-state index >= 15 is 0 Å². The number of hydrogen-bond donors (Lipinski definition) is 1. The van der Waals surface area contributed by atoms with E-state index in [9.17, 15) is 4.79 Å². The van der Waals surface area contributed by atoms with Crippen molar-refractivity contribution in [3.8, 4) is 0 Å². The zero-order valence-electron chi connectivity index (χ0n) is 12.0. The zero-order valence-corrected chi connectivity index (χ0v) is 13.4. The zero-order chi connectivity index (χ0) is 13.4. The van der Waals surface area contributed by atoms with Crippen LogP contribution >= 0.6 is 0 Å². The highest BCUT2D eigenvalue weighted by atomic mass is 28.2. The predicted molar refractivity (Wildman–Crippen MR) is 77.1 cm³/mol. The maximum Gasteiger partial charge on any atom is 0.330 e. The average Bonchev–Trinajstić information content (AvgIpc) is 2.32. The second kappa shape index (κ2) is 8.51. The van der Waals surface area contributed by atoms with E-state index in [0.29, 0.717) is 5.57 Å². The number of carbonyl (C=O) groups is 1. The van der Waals surface area contributed by atoms with Gasteiger partial charge < -0.3 is 5.11 Å². The average molecular weight is 256 g/mol. The summed E-state index contributed by atoms with van der Waals surface area (Å²) in [6.07, 6.45) is 2.45. The quantitative estimate of drug-likeness (QED) is 0.534. The van der Waals surface area contributed by atoms with Crippen molar-refractivity contribution in [1.82, 2.24) is 0 Å². The Bertz CT molecular complexity index is 251. The summed E-state index contributed by atoms with van der Waals surface area (Å²) in [5, 5.41) is 8.81. The molecule has 0 spiro atoms. The third-order valence-corrected chi connectivity index (χ3v) is 5.94. The Balaban J connectivity index is 4.36. The molecule has 0 radical (unpaired) electrons. The summed E-state index contributed by atoms with van der Waals surface area (Å²) in [5.41, 5.74) is 2.53.